The molecule has 0 amide bonds. The second-order valence-electron chi connectivity index (χ2n) is 6.67. The molecule has 4 nitrogen and oxygen atoms in total. The summed E-state index contributed by atoms with van der Waals surface area (Å²) in [6, 6.07) is 10.6. The maximum atomic E-state index is 5.29. The number of ether oxygens (including phenoxy) is 1. The van der Waals surface area contributed by atoms with Crippen molar-refractivity contribution in [2.45, 2.75) is 38.1 Å². The average molecular weight is 398 g/mol. The lowest BCUT2D eigenvalue weighted by atomic mass is 9.96. The molecular weight excluding hydrogens is 374 g/mol. The maximum absolute atomic E-state index is 5.29. The van der Waals surface area contributed by atoms with E-state index in [1.165, 1.54) is 32.1 Å². The highest BCUT2D eigenvalue weighted by atomic mass is 32.1. The van der Waals surface area contributed by atoms with E-state index < -0.39 is 0 Å². The molecule has 2 heterocycles. The fraction of sp³-hybridized carbons (Fsp3) is 0.333. The fourth-order valence-electron chi connectivity index (χ4n) is 3.30. The molecule has 3 aromatic rings. The van der Waals surface area contributed by atoms with E-state index in [1.54, 1.807) is 29.8 Å². The first-order chi connectivity index (χ1) is 13.3. The standard InChI is InChI=1S/C21H23N3OS2/c1-25-19-9-7-17(8-10-19)20-15-27-21(23-18-5-3-2-4-6-18)24(20)22-13-16-11-12-26-14-16/h7-15,18H,2-6H2,1H3. The Bertz CT molecular complexity index is 946. The van der Waals surface area contributed by atoms with Crippen LogP contribution in [0.4, 0.5) is 0 Å². The number of thiazole rings is 1. The summed E-state index contributed by atoms with van der Waals surface area (Å²) in [7, 11) is 1.69. The summed E-state index contributed by atoms with van der Waals surface area (Å²) in [6.45, 7) is 0. The Morgan fingerprint density at radius 3 is 2.59 bits per heavy atom. The van der Waals surface area contributed by atoms with Gasteiger partial charge in [0.05, 0.1) is 25.1 Å². The number of rotatable bonds is 5. The molecule has 4 rings (SSSR count). The van der Waals surface area contributed by atoms with E-state index >= 15 is 0 Å². The summed E-state index contributed by atoms with van der Waals surface area (Å²) in [5, 5.41) is 11.1. The van der Waals surface area contributed by atoms with E-state index in [0.29, 0.717) is 6.04 Å². The van der Waals surface area contributed by atoms with Crippen LogP contribution in [0.25, 0.3) is 11.3 Å². The van der Waals surface area contributed by atoms with Crippen molar-refractivity contribution >= 4 is 28.9 Å². The van der Waals surface area contributed by atoms with Crippen LogP contribution in [0, 0.1) is 0 Å². The Kier molecular flexibility index (Phi) is 5.84. The molecule has 1 aliphatic carbocycles. The van der Waals surface area contributed by atoms with Crippen LogP contribution < -0.4 is 9.54 Å². The third-order valence-corrected chi connectivity index (χ3v) is 6.34. The largest absolute Gasteiger partial charge is 0.497 e. The normalized spacial score (nSPS) is 16.3. The van der Waals surface area contributed by atoms with Crippen molar-refractivity contribution in [2.75, 3.05) is 7.11 Å². The minimum absolute atomic E-state index is 0.420. The van der Waals surface area contributed by atoms with Crippen LogP contribution >= 0.6 is 22.7 Å². The smallest absolute Gasteiger partial charge is 0.206 e. The molecule has 140 valence electrons. The SMILES string of the molecule is COc1ccc(-c2csc(=NC3CCCCC3)n2N=Cc2ccsc2)cc1. The molecule has 1 saturated carbocycles. The van der Waals surface area contributed by atoms with Gasteiger partial charge < -0.3 is 4.74 Å². The van der Waals surface area contributed by atoms with Crippen LogP contribution in [0.3, 0.4) is 0 Å². The summed E-state index contributed by atoms with van der Waals surface area (Å²) in [6.07, 6.45) is 8.18. The van der Waals surface area contributed by atoms with Crippen LogP contribution in [-0.2, 0) is 0 Å². The number of thiophene rings is 1. The molecule has 27 heavy (non-hydrogen) atoms. The Morgan fingerprint density at radius 1 is 1.07 bits per heavy atom. The molecule has 6 heteroatoms. The molecule has 1 aliphatic rings. The van der Waals surface area contributed by atoms with Crippen molar-refractivity contribution in [3.8, 4) is 17.0 Å². The van der Waals surface area contributed by atoms with Crippen molar-refractivity contribution in [1.29, 1.82) is 0 Å². The summed E-state index contributed by atoms with van der Waals surface area (Å²) < 4.78 is 7.27. The van der Waals surface area contributed by atoms with Gasteiger partial charge in [-0.2, -0.15) is 16.4 Å². The van der Waals surface area contributed by atoms with Gasteiger partial charge >= 0.3 is 0 Å². The molecule has 0 atom stereocenters. The summed E-state index contributed by atoms with van der Waals surface area (Å²) in [4.78, 5) is 6.01. The molecule has 1 aromatic carbocycles. The number of hydrogen-bond acceptors (Lipinski definition) is 5. The highest BCUT2D eigenvalue weighted by molar-refractivity contribution is 7.08. The minimum Gasteiger partial charge on any atom is -0.497 e. The average Bonchev–Trinajstić information content (AvgIpc) is 3.37. The molecule has 2 aromatic heterocycles. The summed E-state index contributed by atoms with van der Waals surface area (Å²) >= 11 is 3.34. The Labute approximate surface area is 167 Å². The fourth-order valence-corrected chi connectivity index (χ4v) is 4.82. The van der Waals surface area contributed by atoms with Crippen LogP contribution in [0.5, 0.6) is 5.75 Å². The van der Waals surface area contributed by atoms with Crippen LogP contribution in [0.2, 0.25) is 0 Å². The predicted octanol–water partition coefficient (Wildman–Crippen LogP) is 5.40. The van der Waals surface area contributed by atoms with Gasteiger partial charge in [0.25, 0.3) is 0 Å². The molecular formula is C21H23N3OS2. The summed E-state index contributed by atoms with van der Waals surface area (Å²) in [5.41, 5.74) is 3.28. The summed E-state index contributed by atoms with van der Waals surface area (Å²) in [5.74, 6) is 0.856. The Hall–Kier alpha value is -2.18. The van der Waals surface area contributed by atoms with E-state index in [0.717, 1.165) is 27.4 Å². The number of benzene rings is 1. The molecule has 0 unspecified atom stereocenters. The predicted molar refractivity (Wildman–Crippen MR) is 114 cm³/mol. The number of hydrogen-bond donors (Lipinski definition) is 0. The second-order valence-corrected chi connectivity index (χ2v) is 8.28. The van der Waals surface area contributed by atoms with Gasteiger partial charge in [0.15, 0.2) is 0 Å². The van der Waals surface area contributed by atoms with E-state index in [1.807, 2.05) is 23.0 Å². The van der Waals surface area contributed by atoms with Crippen LogP contribution in [0.1, 0.15) is 37.7 Å². The van der Waals surface area contributed by atoms with Gasteiger partial charge in [-0.05, 0) is 53.9 Å². The monoisotopic (exact) mass is 397 g/mol. The van der Waals surface area contributed by atoms with E-state index in [-0.39, 0.29) is 0 Å². The molecule has 0 saturated heterocycles. The van der Waals surface area contributed by atoms with Gasteiger partial charge in [0, 0.05) is 16.5 Å². The third kappa shape index (κ3) is 4.39. The van der Waals surface area contributed by atoms with Gasteiger partial charge in [-0.15, -0.1) is 11.3 Å². The van der Waals surface area contributed by atoms with Crippen LogP contribution in [-0.4, -0.2) is 24.0 Å². The highest BCUT2D eigenvalue weighted by Crippen LogP contribution is 2.24. The molecule has 0 radical (unpaired) electrons. The quantitative estimate of drug-likeness (QED) is 0.531. The van der Waals surface area contributed by atoms with E-state index in [2.05, 4.69) is 34.3 Å². The Balaban J connectivity index is 1.74. The molecule has 0 aliphatic heterocycles. The first-order valence-corrected chi connectivity index (χ1v) is 11.1. The Morgan fingerprint density at radius 2 is 1.89 bits per heavy atom. The van der Waals surface area contributed by atoms with E-state index in [9.17, 15) is 0 Å². The van der Waals surface area contributed by atoms with E-state index in [4.69, 9.17) is 14.8 Å². The molecule has 1 fully saturated rings. The van der Waals surface area contributed by atoms with Crippen LogP contribution in [0.15, 0.2) is 56.6 Å². The number of methoxy groups -OCH3 is 1. The topological polar surface area (TPSA) is 38.9 Å². The second kappa shape index (κ2) is 8.67. The lowest BCUT2D eigenvalue weighted by molar-refractivity contribution is 0.415. The molecule has 0 N–H and O–H groups in total. The van der Waals surface area contributed by atoms with Crippen molar-refractivity contribution in [1.82, 2.24) is 4.68 Å². The minimum atomic E-state index is 0.420. The van der Waals surface area contributed by atoms with Gasteiger partial charge in [-0.1, -0.05) is 19.3 Å². The van der Waals surface area contributed by atoms with Gasteiger partial charge in [-0.25, -0.2) is 4.68 Å². The van der Waals surface area contributed by atoms with Crippen molar-refractivity contribution in [3.63, 3.8) is 0 Å². The number of nitrogens with zero attached hydrogens (tertiary/aromatic N) is 3. The lowest BCUT2D eigenvalue weighted by Gasteiger charge is -2.16. The molecule has 0 spiro atoms. The first-order valence-electron chi connectivity index (χ1n) is 9.29. The van der Waals surface area contributed by atoms with Crippen molar-refractivity contribution in [2.24, 2.45) is 10.1 Å². The van der Waals surface area contributed by atoms with Crippen molar-refractivity contribution < 1.29 is 4.74 Å². The zero-order chi connectivity index (χ0) is 18.5. The highest BCUT2D eigenvalue weighted by Gasteiger charge is 2.14. The lowest BCUT2D eigenvalue weighted by Crippen LogP contribution is -2.18. The first kappa shape index (κ1) is 18.2. The zero-order valence-electron chi connectivity index (χ0n) is 15.4. The van der Waals surface area contributed by atoms with Gasteiger partial charge in [0.2, 0.25) is 4.80 Å². The van der Waals surface area contributed by atoms with Gasteiger partial charge in [0.1, 0.15) is 5.75 Å². The maximum Gasteiger partial charge on any atom is 0.206 e. The number of aromatic nitrogens is 1. The van der Waals surface area contributed by atoms with Gasteiger partial charge in [-0.3, -0.25) is 4.99 Å². The zero-order valence-corrected chi connectivity index (χ0v) is 17.0. The van der Waals surface area contributed by atoms with Crippen molar-refractivity contribution in [3.05, 3.63) is 56.8 Å². The molecule has 0 bridgehead atoms. The third-order valence-electron chi connectivity index (χ3n) is 4.80.